The Kier molecular flexibility index (Phi) is 5.01. The summed E-state index contributed by atoms with van der Waals surface area (Å²) in [5, 5.41) is 12.1. The topological polar surface area (TPSA) is 98.9 Å². The van der Waals surface area contributed by atoms with Gasteiger partial charge >= 0.3 is 12.3 Å². The summed E-state index contributed by atoms with van der Waals surface area (Å²) in [6.07, 6.45) is 4.93. The molecule has 8 nitrogen and oxygen atoms in total. The lowest BCUT2D eigenvalue weighted by atomic mass is 10.0. The van der Waals surface area contributed by atoms with Gasteiger partial charge < -0.3 is 15.0 Å². The predicted octanol–water partition coefficient (Wildman–Crippen LogP) is 4.22. The second-order valence-corrected chi connectivity index (χ2v) is 6.76. The molecule has 4 rings (SSSR count). The molecule has 3 aromatic rings. The first-order chi connectivity index (χ1) is 14.8. The highest BCUT2D eigenvalue weighted by atomic mass is 19.3. The van der Waals surface area contributed by atoms with E-state index in [9.17, 15) is 23.3 Å². The molecule has 0 fully saturated rings. The molecule has 11 heteroatoms. The van der Waals surface area contributed by atoms with Crippen molar-refractivity contribution >= 4 is 28.2 Å². The van der Waals surface area contributed by atoms with Crippen molar-refractivity contribution in [2.45, 2.75) is 12.7 Å². The summed E-state index contributed by atoms with van der Waals surface area (Å²) in [6.45, 7) is -3.28. The molecule has 0 saturated carbocycles. The van der Waals surface area contributed by atoms with Gasteiger partial charge in [0.1, 0.15) is 0 Å². The second kappa shape index (κ2) is 7.67. The van der Waals surface area contributed by atoms with Crippen LogP contribution in [0, 0.1) is 15.9 Å². The maximum absolute atomic E-state index is 14.2. The molecule has 0 saturated heterocycles. The minimum absolute atomic E-state index is 0.125. The minimum Gasteiger partial charge on any atom is -0.432 e. The number of hydrogen-bond donors (Lipinski definition) is 1. The van der Waals surface area contributed by atoms with Crippen molar-refractivity contribution in [3.8, 4) is 5.75 Å². The van der Waals surface area contributed by atoms with E-state index in [0.717, 1.165) is 22.5 Å². The van der Waals surface area contributed by atoms with Crippen LogP contribution in [-0.2, 0) is 7.05 Å². The van der Waals surface area contributed by atoms with E-state index in [0.29, 0.717) is 6.07 Å². The van der Waals surface area contributed by atoms with Crippen LogP contribution in [0.2, 0.25) is 0 Å². The van der Waals surface area contributed by atoms with E-state index >= 15 is 0 Å². The molecule has 0 spiro atoms. The van der Waals surface area contributed by atoms with Crippen molar-refractivity contribution in [3.63, 3.8) is 0 Å². The van der Waals surface area contributed by atoms with Gasteiger partial charge in [-0.2, -0.15) is 13.2 Å². The molecule has 1 aromatic heterocycles. The predicted molar refractivity (Wildman–Crippen MR) is 109 cm³/mol. The smallest absolute Gasteiger partial charge is 0.387 e. The number of aliphatic imine (C=N–C) groups is 1. The van der Waals surface area contributed by atoms with Gasteiger partial charge in [0.2, 0.25) is 11.8 Å². The summed E-state index contributed by atoms with van der Waals surface area (Å²) in [5.74, 6) is -2.04. The van der Waals surface area contributed by atoms with Crippen LogP contribution in [0.15, 0.2) is 59.9 Å². The molecule has 31 heavy (non-hydrogen) atoms. The Labute approximate surface area is 173 Å². The van der Waals surface area contributed by atoms with Gasteiger partial charge in [-0.05, 0) is 12.1 Å². The number of para-hydroxylation sites is 1. The monoisotopic (exact) mass is 431 g/mol. The number of guanidine groups is 1. The Morgan fingerprint density at radius 3 is 2.74 bits per heavy atom. The number of nitro groups is 1. The first-order valence-electron chi connectivity index (χ1n) is 9.03. The third kappa shape index (κ3) is 3.54. The van der Waals surface area contributed by atoms with Crippen molar-refractivity contribution in [1.29, 1.82) is 0 Å². The molecule has 0 amide bonds. The molecule has 0 aliphatic carbocycles. The van der Waals surface area contributed by atoms with E-state index in [2.05, 4.69) is 9.73 Å². The summed E-state index contributed by atoms with van der Waals surface area (Å²) in [6, 6.07) is 8.18. The summed E-state index contributed by atoms with van der Waals surface area (Å²) in [4.78, 5) is 15.6. The number of aromatic nitrogens is 1. The number of aryl methyl sites for hydroxylation is 1. The quantitative estimate of drug-likeness (QED) is 0.482. The minimum atomic E-state index is -3.28. The van der Waals surface area contributed by atoms with Crippen molar-refractivity contribution in [2.24, 2.45) is 17.8 Å². The summed E-state index contributed by atoms with van der Waals surface area (Å²) in [5.41, 5.74) is 6.59. The molecule has 0 bridgehead atoms. The number of fused-ring (bicyclic) bond motifs is 1. The van der Waals surface area contributed by atoms with Gasteiger partial charge in [-0.3, -0.25) is 15.0 Å². The highest BCUT2D eigenvalue weighted by Crippen LogP contribution is 2.42. The number of hydrogen-bond acceptors (Lipinski definition) is 6. The summed E-state index contributed by atoms with van der Waals surface area (Å²) < 4.78 is 46.5. The fraction of sp³-hybridized carbons (Fsp3) is 0.150. The molecule has 1 unspecified atom stereocenters. The fourth-order valence-corrected chi connectivity index (χ4v) is 3.67. The number of anilines is 1. The molecular weight excluding hydrogens is 415 g/mol. The first kappa shape index (κ1) is 20.3. The number of alkyl halides is 2. The standard InChI is InChI=1S/C20H16F3N5O3/c1-26-10-12(11-4-2-3-5-14(11)26)15-6-7-25-20(24)27(15)17-9-16(28(29)30)13(21)8-18(17)31-19(22)23/h2-10,15,19H,1H3,(H2,24,25). The van der Waals surface area contributed by atoms with Crippen molar-refractivity contribution in [1.82, 2.24) is 4.57 Å². The van der Waals surface area contributed by atoms with E-state index in [4.69, 9.17) is 5.73 Å². The zero-order chi connectivity index (χ0) is 22.3. The average Bonchev–Trinajstić information content (AvgIpc) is 3.04. The van der Waals surface area contributed by atoms with Crippen LogP contribution in [0.5, 0.6) is 5.75 Å². The van der Waals surface area contributed by atoms with Crippen LogP contribution in [0.1, 0.15) is 11.6 Å². The summed E-state index contributed by atoms with van der Waals surface area (Å²) in [7, 11) is 1.84. The second-order valence-electron chi connectivity index (χ2n) is 6.76. The molecule has 2 N–H and O–H groups in total. The number of nitrogens with zero attached hydrogens (tertiary/aromatic N) is 4. The van der Waals surface area contributed by atoms with Crippen molar-refractivity contribution in [3.05, 3.63) is 76.4 Å². The SMILES string of the molecule is Cn1cc(C2C=CN=C(N)N2c2cc([N+](=O)[O-])c(F)cc2OC(F)F)c2ccccc21. The van der Waals surface area contributed by atoms with E-state index in [-0.39, 0.29) is 11.6 Å². The molecule has 0 radical (unpaired) electrons. The number of benzene rings is 2. The van der Waals surface area contributed by atoms with Crippen LogP contribution >= 0.6 is 0 Å². The number of ether oxygens (including phenoxy) is 1. The van der Waals surface area contributed by atoms with Gasteiger partial charge in [0.15, 0.2) is 5.75 Å². The molecule has 2 heterocycles. The molecule has 2 aromatic carbocycles. The van der Waals surface area contributed by atoms with E-state index < -0.39 is 34.8 Å². The lowest BCUT2D eigenvalue weighted by Crippen LogP contribution is -2.41. The average molecular weight is 431 g/mol. The highest BCUT2D eigenvalue weighted by Gasteiger charge is 2.32. The number of rotatable bonds is 5. The van der Waals surface area contributed by atoms with Gasteiger partial charge in [-0.15, -0.1) is 0 Å². The van der Waals surface area contributed by atoms with Gasteiger partial charge in [0, 0.05) is 48.0 Å². The molecule has 1 aliphatic rings. The fourth-order valence-electron chi connectivity index (χ4n) is 3.67. The van der Waals surface area contributed by atoms with Crippen molar-refractivity contribution in [2.75, 3.05) is 4.90 Å². The largest absolute Gasteiger partial charge is 0.432 e. The number of nitro benzene ring substituents is 1. The Morgan fingerprint density at radius 1 is 1.29 bits per heavy atom. The molecule has 160 valence electrons. The molecule has 1 aliphatic heterocycles. The van der Waals surface area contributed by atoms with Gasteiger partial charge in [-0.25, -0.2) is 4.99 Å². The summed E-state index contributed by atoms with van der Waals surface area (Å²) >= 11 is 0. The Bertz CT molecular complexity index is 1240. The van der Waals surface area contributed by atoms with E-state index in [1.54, 1.807) is 6.08 Å². The van der Waals surface area contributed by atoms with Crippen molar-refractivity contribution < 1.29 is 22.8 Å². The highest BCUT2D eigenvalue weighted by molar-refractivity contribution is 6.00. The Morgan fingerprint density at radius 2 is 2.03 bits per heavy atom. The van der Waals surface area contributed by atoms with E-state index in [1.807, 2.05) is 42.1 Å². The van der Waals surface area contributed by atoms with Gasteiger partial charge in [0.05, 0.1) is 16.7 Å². The lowest BCUT2D eigenvalue weighted by molar-refractivity contribution is -0.387. The third-order valence-electron chi connectivity index (χ3n) is 4.95. The maximum atomic E-state index is 14.2. The normalized spacial score (nSPS) is 16.1. The van der Waals surface area contributed by atoms with Crippen LogP contribution in [0.4, 0.5) is 24.5 Å². The van der Waals surface area contributed by atoms with Gasteiger partial charge in [-0.1, -0.05) is 18.2 Å². The van der Waals surface area contributed by atoms with Gasteiger partial charge in [0.25, 0.3) is 0 Å². The molecule has 1 atom stereocenters. The Hall–Kier alpha value is -4.02. The zero-order valence-electron chi connectivity index (χ0n) is 16.1. The number of nitrogens with two attached hydrogens (primary N) is 1. The zero-order valence-corrected chi connectivity index (χ0v) is 16.1. The third-order valence-corrected chi connectivity index (χ3v) is 4.95. The number of halogens is 3. The lowest BCUT2D eigenvalue weighted by Gasteiger charge is -2.33. The van der Waals surface area contributed by atoms with Crippen LogP contribution in [0.3, 0.4) is 0 Å². The Balaban J connectivity index is 1.93. The van der Waals surface area contributed by atoms with E-state index in [1.165, 1.54) is 11.1 Å². The first-order valence-corrected chi connectivity index (χ1v) is 9.03. The van der Waals surface area contributed by atoms with Crippen LogP contribution in [0.25, 0.3) is 10.9 Å². The maximum Gasteiger partial charge on any atom is 0.387 e. The molecular formula is C20H16F3N5O3. The van der Waals surface area contributed by atoms with Crippen LogP contribution < -0.4 is 15.4 Å². The van der Waals surface area contributed by atoms with Crippen LogP contribution in [-0.4, -0.2) is 22.1 Å².